The van der Waals surface area contributed by atoms with Gasteiger partial charge in [-0.05, 0) is 49.7 Å². The maximum atomic E-state index is 4.20. The van der Waals surface area contributed by atoms with E-state index in [0.29, 0.717) is 17.5 Å². The Morgan fingerprint density at radius 2 is 2.17 bits per heavy atom. The van der Waals surface area contributed by atoms with Crippen molar-refractivity contribution in [3.63, 3.8) is 0 Å². The topological polar surface area (TPSA) is 24.9 Å². The third-order valence-corrected chi connectivity index (χ3v) is 4.25. The number of nitrogens with one attached hydrogen (secondary N) is 1. The standard InChI is InChI=1S/C16H26N2/c1-13(14-6-5-11-17-12-14)18-15-7-4-9-16(2,3)10-8-15/h5-6,11-13,15,18H,4,7-10H2,1-3H3/t13-,15?/m0/s1. The number of rotatable bonds is 3. The van der Waals surface area contributed by atoms with Crippen LogP contribution in [0.25, 0.3) is 0 Å². The Balaban J connectivity index is 1.90. The Morgan fingerprint density at radius 1 is 1.33 bits per heavy atom. The van der Waals surface area contributed by atoms with E-state index in [1.807, 2.05) is 18.5 Å². The molecule has 1 aliphatic rings. The summed E-state index contributed by atoms with van der Waals surface area (Å²) in [6, 6.07) is 5.25. The molecule has 1 aliphatic carbocycles. The number of pyridine rings is 1. The van der Waals surface area contributed by atoms with E-state index in [1.165, 1.54) is 37.7 Å². The molecule has 0 aliphatic heterocycles. The summed E-state index contributed by atoms with van der Waals surface area (Å²) in [5.41, 5.74) is 1.83. The fourth-order valence-corrected chi connectivity index (χ4v) is 2.91. The van der Waals surface area contributed by atoms with E-state index in [9.17, 15) is 0 Å². The Labute approximate surface area is 111 Å². The molecule has 1 fully saturated rings. The first-order valence-electron chi connectivity index (χ1n) is 7.23. The van der Waals surface area contributed by atoms with Crippen molar-refractivity contribution in [1.29, 1.82) is 0 Å². The summed E-state index contributed by atoms with van der Waals surface area (Å²) < 4.78 is 0. The molecule has 0 radical (unpaired) electrons. The maximum Gasteiger partial charge on any atom is 0.0315 e. The normalized spacial score (nSPS) is 25.4. The predicted molar refractivity (Wildman–Crippen MR) is 76.4 cm³/mol. The van der Waals surface area contributed by atoms with Crippen LogP contribution in [0.4, 0.5) is 0 Å². The average molecular weight is 246 g/mol. The van der Waals surface area contributed by atoms with E-state index in [2.05, 4.69) is 37.1 Å². The lowest BCUT2D eigenvalue weighted by Crippen LogP contribution is -2.31. The van der Waals surface area contributed by atoms with Crippen molar-refractivity contribution in [2.75, 3.05) is 0 Å². The van der Waals surface area contributed by atoms with Crippen LogP contribution in [0.5, 0.6) is 0 Å². The number of aromatic nitrogens is 1. The molecule has 2 nitrogen and oxygen atoms in total. The minimum atomic E-state index is 0.407. The predicted octanol–water partition coefficient (Wildman–Crippen LogP) is 4.09. The molecule has 0 spiro atoms. The average Bonchev–Trinajstić information content (AvgIpc) is 2.52. The molecular weight excluding hydrogens is 220 g/mol. The molecule has 1 saturated carbocycles. The largest absolute Gasteiger partial charge is 0.307 e. The van der Waals surface area contributed by atoms with E-state index >= 15 is 0 Å². The first kappa shape index (κ1) is 13.5. The molecule has 1 unspecified atom stereocenters. The molecule has 2 heteroatoms. The molecule has 1 heterocycles. The number of hydrogen-bond acceptors (Lipinski definition) is 2. The summed E-state index contributed by atoms with van der Waals surface area (Å²) in [6.07, 6.45) is 10.5. The molecule has 18 heavy (non-hydrogen) atoms. The van der Waals surface area contributed by atoms with E-state index in [-0.39, 0.29) is 0 Å². The van der Waals surface area contributed by atoms with Crippen molar-refractivity contribution in [2.24, 2.45) is 5.41 Å². The van der Waals surface area contributed by atoms with Crippen LogP contribution in [-0.2, 0) is 0 Å². The summed E-state index contributed by atoms with van der Waals surface area (Å²) in [5, 5.41) is 3.77. The van der Waals surface area contributed by atoms with Crippen LogP contribution in [0.15, 0.2) is 24.5 Å². The van der Waals surface area contributed by atoms with Gasteiger partial charge in [0.25, 0.3) is 0 Å². The minimum absolute atomic E-state index is 0.407. The van der Waals surface area contributed by atoms with Gasteiger partial charge in [-0.2, -0.15) is 0 Å². The fourth-order valence-electron chi connectivity index (χ4n) is 2.91. The third-order valence-electron chi connectivity index (χ3n) is 4.25. The van der Waals surface area contributed by atoms with Crippen molar-refractivity contribution in [3.8, 4) is 0 Å². The molecule has 0 amide bonds. The highest BCUT2D eigenvalue weighted by molar-refractivity contribution is 5.13. The quantitative estimate of drug-likeness (QED) is 0.812. The second-order valence-electron chi connectivity index (χ2n) is 6.47. The summed E-state index contributed by atoms with van der Waals surface area (Å²) in [6.45, 7) is 7.05. The van der Waals surface area contributed by atoms with Gasteiger partial charge < -0.3 is 5.32 Å². The van der Waals surface area contributed by atoms with Crippen molar-refractivity contribution in [2.45, 2.75) is 65.0 Å². The van der Waals surface area contributed by atoms with Gasteiger partial charge >= 0.3 is 0 Å². The van der Waals surface area contributed by atoms with E-state index in [0.717, 1.165) is 0 Å². The molecule has 2 atom stereocenters. The van der Waals surface area contributed by atoms with E-state index in [4.69, 9.17) is 0 Å². The molecule has 0 saturated heterocycles. The molecular formula is C16H26N2. The highest BCUT2D eigenvalue weighted by atomic mass is 14.9. The number of nitrogens with zero attached hydrogens (tertiary/aromatic N) is 1. The summed E-state index contributed by atoms with van der Waals surface area (Å²) in [5.74, 6) is 0. The maximum absolute atomic E-state index is 4.20. The first-order chi connectivity index (χ1) is 8.57. The van der Waals surface area contributed by atoms with Gasteiger partial charge in [0, 0.05) is 24.5 Å². The Kier molecular flexibility index (Phi) is 4.39. The van der Waals surface area contributed by atoms with Crippen molar-refractivity contribution >= 4 is 0 Å². The molecule has 1 aromatic heterocycles. The van der Waals surface area contributed by atoms with Crippen LogP contribution in [0.3, 0.4) is 0 Å². The van der Waals surface area contributed by atoms with Gasteiger partial charge in [0.1, 0.15) is 0 Å². The van der Waals surface area contributed by atoms with Crippen LogP contribution < -0.4 is 5.32 Å². The van der Waals surface area contributed by atoms with E-state index < -0.39 is 0 Å². The highest BCUT2D eigenvalue weighted by Gasteiger charge is 2.24. The van der Waals surface area contributed by atoms with Crippen LogP contribution in [0.2, 0.25) is 0 Å². The molecule has 1 aromatic rings. The van der Waals surface area contributed by atoms with Crippen LogP contribution in [0, 0.1) is 5.41 Å². The summed E-state index contributed by atoms with van der Waals surface area (Å²) in [4.78, 5) is 4.20. The van der Waals surface area contributed by atoms with Crippen LogP contribution >= 0.6 is 0 Å². The fraction of sp³-hybridized carbons (Fsp3) is 0.688. The molecule has 1 N–H and O–H groups in total. The minimum Gasteiger partial charge on any atom is -0.307 e. The SMILES string of the molecule is C[C@H](NC1CCCC(C)(C)CC1)c1cccnc1. The smallest absolute Gasteiger partial charge is 0.0315 e. The summed E-state index contributed by atoms with van der Waals surface area (Å²) >= 11 is 0. The lowest BCUT2D eigenvalue weighted by atomic mass is 9.85. The lowest BCUT2D eigenvalue weighted by Gasteiger charge is -2.24. The molecule has 2 rings (SSSR count). The zero-order chi connectivity index (χ0) is 13.0. The van der Waals surface area contributed by atoms with Gasteiger partial charge in [-0.25, -0.2) is 0 Å². The zero-order valence-corrected chi connectivity index (χ0v) is 11.9. The molecule has 0 aromatic carbocycles. The van der Waals surface area contributed by atoms with Crippen LogP contribution in [-0.4, -0.2) is 11.0 Å². The summed E-state index contributed by atoms with van der Waals surface area (Å²) in [7, 11) is 0. The van der Waals surface area contributed by atoms with Gasteiger partial charge in [-0.1, -0.05) is 26.3 Å². The lowest BCUT2D eigenvalue weighted by molar-refractivity contribution is 0.307. The zero-order valence-electron chi connectivity index (χ0n) is 11.9. The van der Waals surface area contributed by atoms with Crippen LogP contribution in [0.1, 0.15) is 64.5 Å². The second kappa shape index (κ2) is 5.83. The Bertz CT molecular complexity index is 359. The number of hydrogen-bond donors (Lipinski definition) is 1. The van der Waals surface area contributed by atoms with Gasteiger partial charge in [0.2, 0.25) is 0 Å². The van der Waals surface area contributed by atoms with Gasteiger partial charge in [-0.15, -0.1) is 0 Å². The van der Waals surface area contributed by atoms with Crippen molar-refractivity contribution in [1.82, 2.24) is 10.3 Å². The molecule has 100 valence electrons. The molecule has 0 bridgehead atoms. The Morgan fingerprint density at radius 3 is 2.89 bits per heavy atom. The second-order valence-corrected chi connectivity index (χ2v) is 6.47. The highest BCUT2D eigenvalue weighted by Crippen LogP contribution is 2.34. The van der Waals surface area contributed by atoms with Gasteiger partial charge in [-0.3, -0.25) is 4.98 Å². The van der Waals surface area contributed by atoms with Crippen molar-refractivity contribution in [3.05, 3.63) is 30.1 Å². The Hall–Kier alpha value is -0.890. The van der Waals surface area contributed by atoms with Crippen molar-refractivity contribution < 1.29 is 0 Å². The van der Waals surface area contributed by atoms with Gasteiger partial charge in [0.05, 0.1) is 0 Å². The van der Waals surface area contributed by atoms with Gasteiger partial charge in [0.15, 0.2) is 0 Å². The van der Waals surface area contributed by atoms with E-state index in [1.54, 1.807) is 0 Å². The monoisotopic (exact) mass is 246 g/mol. The third kappa shape index (κ3) is 3.81. The first-order valence-corrected chi connectivity index (χ1v) is 7.23.